The summed E-state index contributed by atoms with van der Waals surface area (Å²) in [4.78, 5) is 71.1. The van der Waals surface area contributed by atoms with E-state index in [1.165, 1.54) is 37.8 Å². The van der Waals surface area contributed by atoms with Crippen molar-refractivity contribution in [2.45, 2.75) is 108 Å². The van der Waals surface area contributed by atoms with E-state index in [-0.39, 0.29) is 36.2 Å². The van der Waals surface area contributed by atoms with Gasteiger partial charge in [-0.15, -0.1) is 0 Å². The van der Waals surface area contributed by atoms with Crippen molar-refractivity contribution in [3.05, 3.63) is 77.2 Å². The highest BCUT2D eigenvalue weighted by Crippen LogP contribution is 2.54. The lowest BCUT2D eigenvalue weighted by molar-refractivity contribution is -0.141. The number of anilines is 2. The predicted molar refractivity (Wildman–Crippen MR) is 229 cm³/mol. The number of benzene rings is 2. The van der Waals surface area contributed by atoms with Gasteiger partial charge in [-0.3, -0.25) is 38.9 Å². The Morgan fingerprint density at radius 3 is 2.39 bits per heavy atom. The summed E-state index contributed by atoms with van der Waals surface area (Å²) in [5, 5.41) is 14.1. The van der Waals surface area contributed by atoms with Gasteiger partial charge in [0.25, 0.3) is 17.7 Å². The van der Waals surface area contributed by atoms with Crippen LogP contribution >= 0.6 is 0 Å². The predicted octanol–water partition coefficient (Wildman–Crippen LogP) is 7.37. The van der Waals surface area contributed by atoms with E-state index < -0.39 is 47.4 Å². The molecule has 3 N–H and O–H groups in total. The van der Waals surface area contributed by atoms with Crippen LogP contribution in [0.4, 0.5) is 24.5 Å². The number of carbonyl (C=O) groups is 5. The number of nitrogens with zero attached hydrogens (tertiary/aromatic N) is 5. The van der Waals surface area contributed by atoms with Crippen molar-refractivity contribution in [2.24, 2.45) is 17.3 Å². The first-order valence-electron chi connectivity index (χ1n) is 22.7. The van der Waals surface area contributed by atoms with Crippen LogP contribution in [0.5, 0.6) is 5.75 Å². The molecule has 64 heavy (non-hydrogen) atoms. The molecule has 17 heteroatoms. The Balaban J connectivity index is 0.678. The Morgan fingerprint density at radius 2 is 1.66 bits per heavy atom. The Morgan fingerprint density at radius 1 is 0.891 bits per heavy atom. The molecule has 2 aromatic heterocycles. The first-order valence-corrected chi connectivity index (χ1v) is 22.7. The smallest absolute Gasteiger partial charge is 0.433 e. The molecule has 14 nitrogen and oxygen atoms in total. The molecule has 2 saturated heterocycles. The van der Waals surface area contributed by atoms with Gasteiger partial charge in [0, 0.05) is 42.8 Å². The highest BCUT2D eigenvalue weighted by atomic mass is 19.4. The fourth-order valence-electron chi connectivity index (χ4n) is 10.7. The number of likely N-dealkylation sites (tertiary alicyclic amines) is 1. The van der Waals surface area contributed by atoms with Crippen molar-refractivity contribution >= 4 is 51.8 Å². The van der Waals surface area contributed by atoms with E-state index >= 15 is 0 Å². The van der Waals surface area contributed by atoms with Crippen molar-refractivity contribution in [3.63, 3.8) is 0 Å². The average Bonchev–Trinajstić information content (AvgIpc) is 3.93. The third-order valence-electron chi connectivity index (χ3n) is 14.4. The maximum Gasteiger partial charge on any atom is 0.433 e. The number of aromatic nitrogens is 3. The zero-order valence-electron chi connectivity index (χ0n) is 35.4. The molecule has 3 saturated carbocycles. The molecule has 3 aliphatic heterocycles. The number of imide groups is 2. The van der Waals surface area contributed by atoms with Crippen LogP contribution in [0.2, 0.25) is 0 Å². The molecular weight excluding hydrogens is 830 g/mol. The average molecular weight is 881 g/mol. The fraction of sp³-hybridized carbons (Fsp3) is 0.511. The Labute approximate surface area is 367 Å². The molecular formula is C47H51F3N8O6. The van der Waals surface area contributed by atoms with E-state index in [9.17, 15) is 37.1 Å². The molecule has 1 unspecified atom stereocenters. The summed E-state index contributed by atoms with van der Waals surface area (Å²) < 4.78 is 48.0. The Kier molecular flexibility index (Phi) is 10.9. The van der Waals surface area contributed by atoms with E-state index in [0.29, 0.717) is 46.5 Å². The molecule has 5 heterocycles. The minimum absolute atomic E-state index is 0.0263. The molecule has 10 rings (SSSR count). The van der Waals surface area contributed by atoms with Gasteiger partial charge in [0.15, 0.2) is 0 Å². The van der Waals surface area contributed by atoms with E-state index in [0.717, 1.165) is 86.4 Å². The zero-order valence-corrected chi connectivity index (χ0v) is 35.4. The van der Waals surface area contributed by atoms with Crippen LogP contribution in [0.3, 0.4) is 0 Å². The van der Waals surface area contributed by atoms with E-state index in [1.807, 2.05) is 10.9 Å². The molecule has 1 atom stereocenters. The second-order valence-electron chi connectivity index (χ2n) is 18.8. The van der Waals surface area contributed by atoms with Crippen LogP contribution in [0.15, 0.2) is 54.7 Å². The van der Waals surface area contributed by atoms with Gasteiger partial charge in [-0.2, -0.15) is 18.3 Å². The number of hydrogen-bond donors (Lipinski definition) is 3. The molecule has 336 valence electrons. The van der Waals surface area contributed by atoms with Gasteiger partial charge in [-0.05, 0) is 138 Å². The molecule has 6 aliphatic rings. The molecule has 0 radical (unpaired) electrons. The standard InChI is InChI=1S/C47H51F3N8O6/c48-47(49,50)39-6-2-5-34(52-39)42(60)53-36-21-29-26-57(55-35(29)22-38(36)64-31-11-12-31)30-9-7-27(8-10-30)25-56-19-16-46(17-20-56)23-28(24-46)15-18-51-33-4-1-3-32-41(33)45(63)58(44(32)62)37-13-14-40(59)54-43(37)61/h1-6,21-22,26-28,30-31,37,51H,7-20,23-25H2,(H,53,60)(H,54,59,61). The summed E-state index contributed by atoms with van der Waals surface area (Å²) >= 11 is 0. The third kappa shape index (κ3) is 8.46. The first kappa shape index (κ1) is 42.1. The topological polar surface area (TPSA) is 168 Å². The number of piperidine rings is 2. The van der Waals surface area contributed by atoms with Crippen molar-refractivity contribution < 1.29 is 41.9 Å². The molecule has 2 aromatic carbocycles. The molecule has 5 amide bonds. The van der Waals surface area contributed by atoms with Crippen LogP contribution in [-0.4, -0.2) is 92.4 Å². The molecule has 5 fully saturated rings. The van der Waals surface area contributed by atoms with Gasteiger partial charge < -0.3 is 20.3 Å². The van der Waals surface area contributed by atoms with Crippen molar-refractivity contribution in [2.75, 3.05) is 36.8 Å². The number of pyridine rings is 1. The summed E-state index contributed by atoms with van der Waals surface area (Å²) in [6.07, 6.45) is 9.37. The number of ether oxygens (including phenoxy) is 1. The van der Waals surface area contributed by atoms with Gasteiger partial charge in [0.2, 0.25) is 11.8 Å². The monoisotopic (exact) mass is 880 g/mol. The highest BCUT2D eigenvalue weighted by molar-refractivity contribution is 6.25. The number of alkyl halides is 3. The summed E-state index contributed by atoms with van der Waals surface area (Å²) in [6.45, 7) is 4.01. The van der Waals surface area contributed by atoms with Gasteiger partial charge >= 0.3 is 6.18 Å². The molecule has 0 bridgehead atoms. The van der Waals surface area contributed by atoms with Crippen molar-refractivity contribution in [3.8, 4) is 5.75 Å². The maximum absolute atomic E-state index is 13.5. The van der Waals surface area contributed by atoms with E-state index in [4.69, 9.17) is 9.84 Å². The number of amides is 5. The van der Waals surface area contributed by atoms with E-state index in [2.05, 4.69) is 25.8 Å². The number of carbonyl (C=O) groups excluding carboxylic acids is 5. The fourth-order valence-corrected chi connectivity index (χ4v) is 10.7. The van der Waals surface area contributed by atoms with Crippen LogP contribution < -0.4 is 20.7 Å². The van der Waals surface area contributed by atoms with Gasteiger partial charge in [0.1, 0.15) is 23.2 Å². The maximum atomic E-state index is 13.5. The van der Waals surface area contributed by atoms with Gasteiger partial charge in [-0.1, -0.05) is 12.1 Å². The Hall–Kier alpha value is -5.84. The normalized spacial score (nSPS) is 23.9. The lowest BCUT2D eigenvalue weighted by Crippen LogP contribution is -2.54. The van der Waals surface area contributed by atoms with Crippen LogP contribution in [0.25, 0.3) is 10.9 Å². The largest absolute Gasteiger partial charge is 0.488 e. The van der Waals surface area contributed by atoms with Crippen molar-refractivity contribution in [1.29, 1.82) is 0 Å². The quantitative estimate of drug-likeness (QED) is 0.122. The third-order valence-corrected chi connectivity index (χ3v) is 14.4. The second-order valence-corrected chi connectivity index (χ2v) is 18.8. The van der Waals surface area contributed by atoms with Gasteiger partial charge in [0.05, 0.1) is 34.5 Å². The number of rotatable bonds is 12. The Bertz CT molecular complexity index is 2510. The molecule has 1 spiro atoms. The molecule has 4 aromatic rings. The lowest BCUT2D eigenvalue weighted by Gasteiger charge is -2.53. The lowest BCUT2D eigenvalue weighted by atomic mass is 9.57. The minimum atomic E-state index is -4.66. The second kappa shape index (κ2) is 16.6. The first-order chi connectivity index (χ1) is 30.8. The van der Waals surface area contributed by atoms with Crippen molar-refractivity contribution in [1.82, 2.24) is 29.9 Å². The number of hydrogen-bond acceptors (Lipinski definition) is 10. The molecule has 3 aliphatic carbocycles. The minimum Gasteiger partial charge on any atom is -0.488 e. The summed E-state index contributed by atoms with van der Waals surface area (Å²) in [5.41, 5.74) is 1.23. The summed E-state index contributed by atoms with van der Waals surface area (Å²) in [6, 6.07) is 11.3. The number of nitrogens with one attached hydrogen (secondary N) is 3. The number of fused-ring (bicyclic) bond motifs is 2. The summed E-state index contributed by atoms with van der Waals surface area (Å²) in [5.74, 6) is -1.10. The van der Waals surface area contributed by atoms with Crippen LogP contribution in [0.1, 0.15) is 126 Å². The van der Waals surface area contributed by atoms with E-state index in [1.54, 1.807) is 30.3 Å². The SMILES string of the molecule is O=C1CCC(N2C(=O)c3cccc(NCCC4CC5(CCN(CC6CCC(n7cc8cc(NC(=O)c9cccc(C(F)(F)F)n9)c(OC9CC9)cc8n7)CC6)CC5)C4)c3C2=O)C(=O)N1. The highest BCUT2D eigenvalue weighted by Gasteiger charge is 2.47. The van der Waals surface area contributed by atoms with Crippen LogP contribution in [0, 0.1) is 17.3 Å². The number of halogens is 3. The van der Waals surface area contributed by atoms with Crippen LogP contribution in [-0.2, 0) is 15.8 Å². The van der Waals surface area contributed by atoms with Gasteiger partial charge in [-0.25, -0.2) is 4.98 Å². The summed E-state index contributed by atoms with van der Waals surface area (Å²) in [7, 11) is 0. The zero-order chi connectivity index (χ0) is 44.3.